The minimum absolute atomic E-state index is 0.333. The van der Waals surface area contributed by atoms with Crippen LogP contribution >= 0.6 is 0 Å². The molecule has 4 unspecified atom stereocenters. The molecule has 6 fully saturated rings. The molecule has 65 heavy (non-hydrogen) atoms. The van der Waals surface area contributed by atoms with Crippen LogP contribution in [0.3, 0.4) is 0 Å². The fraction of sp³-hybridized carbons (Fsp3) is 1.00. The lowest BCUT2D eigenvalue weighted by molar-refractivity contribution is 0.136. The van der Waals surface area contributed by atoms with Crippen molar-refractivity contribution in [3.05, 3.63) is 0 Å². The molecule has 4 saturated heterocycles. The number of hydrogen-bond acceptors (Lipinski definition) is 5. The van der Waals surface area contributed by atoms with Crippen molar-refractivity contribution in [2.75, 3.05) is 40.3 Å². The van der Waals surface area contributed by atoms with E-state index >= 15 is 0 Å². The Labute approximate surface area is 415 Å². The molecular formula is C60H131N5. The molecule has 2 aliphatic carbocycles. The van der Waals surface area contributed by atoms with Crippen LogP contribution in [-0.4, -0.2) is 119 Å². The quantitative estimate of drug-likeness (QED) is 0.216. The van der Waals surface area contributed by atoms with E-state index < -0.39 is 0 Å². The molecule has 0 radical (unpaired) electrons. The Morgan fingerprint density at radius 2 is 0.646 bits per heavy atom. The van der Waals surface area contributed by atoms with Gasteiger partial charge in [0.2, 0.25) is 0 Å². The second kappa shape index (κ2) is 34.2. The Morgan fingerprint density at radius 3 is 0.769 bits per heavy atom. The van der Waals surface area contributed by atoms with Gasteiger partial charge in [0.15, 0.2) is 0 Å². The van der Waals surface area contributed by atoms with E-state index in [1.54, 1.807) is 0 Å². The van der Waals surface area contributed by atoms with Gasteiger partial charge in [-0.05, 0) is 201 Å². The van der Waals surface area contributed by atoms with Crippen LogP contribution in [0.5, 0.6) is 0 Å². The minimum atomic E-state index is 0.333. The maximum Gasteiger partial charge on any atom is 0.0170 e. The van der Waals surface area contributed by atoms with E-state index in [1.165, 1.54) is 90.4 Å². The predicted octanol–water partition coefficient (Wildman–Crippen LogP) is 16.9. The van der Waals surface area contributed by atoms with E-state index in [4.69, 9.17) is 0 Å². The fourth-order valence-corrected chi connectivity index (χ4v) is 10.6. The van der Waals surface area contributed by atoms with Crippen molar-refractivity contribution in [3.63, 3.8) is 0 Å². The zero-order chi connectivity index (χ0) is 51.8. The molecule has 4 aliphatic heterocycles. The van der Waals surface area contributed by atoms with Gasteiger partial charge in [0, 0.05) is 67.0 Å². The lowest BCUT2D eigenvalue weighted by atomic mass is 9.90. The first-order chi connectivity index (χ1) is 30.2. The second-order valence-corrected chi connectivity index (χ2v) is 23.8. The highest BCUT2D eigenvalue weighted by Gasteiger charge is 2.53. The van der Waals surface area contributed by atoms with Gasteiger partial charge >= 0.3 is 0 Å². The summed E-state index contributed by atoms with van der Waals surface area (Å²) in [5, 5.41) is 0. The summed E-state index contributed by atoms with van der Waals surface area (Å²) < 4.78 is 0. The summed E-state index contributed by atoms with van der Waals surface area (Å²) >= 11 is 0. The van der Waals surface area contributed by atoms with E-state index in [9.17, 15) is 0 Å². The predicted molar refractivity (Wildman–Crippen MR) is 301 cm³/mol. The molecule has 0 bridgehead atoms. The van der Waals surface area contributed by atoms with Crippen LogP contribution < -0.4 is 0 Å². The molecule has 4 heterocycles. The highest BCUT2D eigenvalue weighted by atomic mass is 15.2. The van der Waals surface area contributed by atoms with Gasteiger partial charge in [-0.15, -0.1) is 0 Å². The van der Waals surface area contributed by atoms with Gasteiger partial charge in [-0.3, -0.25) is 19.6 Å². The summed E-state index contributed by atoms with van der Waals surface area (Å²) in [6.45, 7) is 67.9. The van der Waals surface area contributed by atoms with E-state index in [0.717, 1.165) is 82.8 Å². The van der Waals surface area contributed by atoms with Crippen LogP contribution in [0, 0.1) is 40.4 Å². The molecule has 2 saturated carbocycles. The largest absolute Gasteiger partial charge is 0.304 e. The van der Waals surface area contributed by atoms with Crippen molar-refractivity contribution in [3.8, 4) is 0 Å². The van der Waals surface area contributed by atoms with Crippen molar-refractivity contribution < 1.29 is 0 Å². The van der Waals surface area contributed by atoms with Gasteiger partial charge in [-0.25, -0.2) is 0 Å². The molecule has 4 atom stereocenters. The zero-order valence-electron chi connectivity index (χ0n) is 51.1. The highest BCUT2D eigenvalue weighted by Crippen LogP contribution is 2.57. The topological polar surface area (TPSA) is 16.2 Å². The van der Waals surface area contributed by atoms with E-state index in [2.05, 4.69) is 177 Å². The lowest BCUT2D eigenvalue weighted by Gasteiger charge is -2.36. The smallest absolute Gasteiger partial charge is 0.0170 e. The van der Waals surface area contributed by atoms with E-state index in [-0.39, 0.29) is 0 Å². The van der Waals surface area contributed by atoms with Gasteiger partial charge < -0.3 is 4.90 Å². The molecule has 2 spiro atoms. The Bertz CT molecular complexity index is 947. The molecule has 0 aromatic rings. The average Bonchev–Trinajstić information content (AvgIpc) is 3.80. The second-order valence-electron chi connectivity index (χ2n) is 23.8. The molecule has 5 heteroatoms. The first-order valence-corrected chi connectivity index (χ1v) is 28.9. The third-order valence-corrected chi connectivity index (χ3v) is 16.1. The monoisotopic (exact) mass is 922 g/mol. The maximum atomic E-state index is 2.73. The minimum Gasteiger partial charge on any atom is -0.304 e. The van der Waals surface area contributed by atoms with Gasteiger partial charge in [0.25, 0.3) is 0 Å². The molecular weight excluding hydrogens is 791 g/mol. The highest BCUT2D eigenvalue weighted by molar-refractivity contribution is 5.06. The number of likely N-dealkylation sites (tertiary alicyclic amines) is 4. The maximum absolute atomic E-state index is 2.73. The van der Waals surface area contributed by atoms with Crippen molar-refractivity contribution in [1.29, 1.82) is 0 Å². The molecule has 6 rings (SSSR count). The van der Waals surface area contributed by atoms with Crippen molar-refractivity contribution in [2.45, 2.75) is 312 Å². The van der Waals surface area contributed by atoms with Crippen LogP contribution in [0.4, 0.5) is 0 Å². The Kier molecular flexibility index (Phi) is 36.3. The summed E-state index contributed by atoms with van der Waals surface area (Å²) in [4.78, 5) is 13.0. The van der Waals surface area contributed by atoms with Gasteiger partial charge in [0.05, 0.1) is 0 Å². The first kappa shape index (κ1) is 69.1. The van der Waals surface area contributed by atoms with E-state index in [1.807, 2.05) is 55.4 Å². The summed E-state index contributed by atoms with van der Waals surface area (Å²) in [5.41, 5.74) is 1.89. The number of rotatable bonds is 10. The van der Waals surface area contributed by atoms with Crippen molar-refractivity contribution in [1.82, 2.24) is 24.5 Å². The van der Waals surface area contributed by atoms with E-state index in [0.29, 0.717) is 11.5 Å². The number of nitrogens with zero attached hydrogens (tertiary/aromatic N) is 5. The molecule has 6 aliphatic rings. The Balaban J connectivity index is -0.000000714. The van der Waals surface area contributed by atoms with Crippen LogP contribution in [-0.2, 0) is 0 Å². The third kappa shape index (κ3) is 23.5. The molecule has 5 nitrogen and oxygen atoms in total. The molecule has 396 valence electrons. The van der Waals surface area contributed by atoms with Gasteiger partial charge in [0.1, 0.15) is 0 Å². The average molecular weight is 923 g/mol. The van der Waals surface area contributed by atoms with Gasteiger partial charge in [-0.2, -0.15) is 0 Å². The molecule has 0 aromatic heterocycles. The Hall–Kier alpha value is -0.200. The van der Waals surface area contributed by atoms with Gasteiger partial charge in [-0.1, -0.05) is 125 Å². The third-order valence-electron chi connectivity index (χ3n) is 16.1. The summed E-state index contributed by atoms with van der Waals surface area (Å²) in [7, 11) is 4.25. The SMILES string of the molecule is CC.CC.CC.CC.CC(C)C(C)(C)N(C)C.CC(C)C1CC2(CC2)CN1C(C)C.CC(C)C1CC2(CC2)CN1C(C)C.CC(C)C1CCCN1C(C)C.CC(C)C1CCCN1C(C)C. The fourth-order valence-electron chi connectivity index (χ4n) is 10.6. The number of hydrogen-bond donors (Lipinski definition) is 0. The standard InChI is InChI=1S/2C12H23N.2C10H21N.C8H19N.4C2H6/c2*1-9(2)11-7-12(5-6-12)8-13(11)10(3)4;2*1-8(2)10-6-5-7-11(10)9(3)4;1-7(2)8(3,4)9(5)6;4*1-2/h2*9-11H,5-8H2,1-4H3;2*8-10H,5-7H2,1-4H3;7H,1-6H3;4*1-2H3. The molecule has 0 amide bonds. The molecule has 0 aromatic carbocycles. The summed E-state index contributed by atoms with van der Waals surface area (Å²) in [5.74, 6) is 4.05. The van der Waals surface area contributed by atoms with Crippen LogP contribution in [0.25, 0.3) is 0 Å². The molecule has 0 N–H and O–H groups in total. The normalized spacial score (nSPS) is 24.4. The van der Waals surface area contributed by atoms with Crippen LogP contribution in [0.2, 0.25) is 0 Å². The van der Waals surface area contributed by atoms with Crippen LogP contribution in [0.15, 0.2) is 0 Å². The van der Waals surface area contributed by atoms with Crippen molar-refractivity contribution >= 4 is 0 Å². The summed E-state index contributed by atoms with van der Waals surface area (Å²) in [6, 6.07) is 6.41. The lowest BCUT2D eigenvalue weighted by Crippen LogP contribution is -2.42. The zero-order valence-corrected chi connectivity index (χ0v) is 51.1. The summed E-state index contributed by atoms with van der Waals surface area (Å²) in [6.07, 6.45) is 14.6. The van der Waals surface area contributed by atoms with Crippen LogP contribution in [0.1, 0.15) is 258 Å². The Morgan fingerprint density at radius 1 is 0.400 bits per heavy atom. The first-order valence-electron chi connectivity index (χ1n) is 28.9. The van der Waals surface area contributed by atoms with Crippen molar-refractivity contribution in [2.24, 2.45) is 40.4 Å².